The van der Waals surface area contributed by atoms with Crippen molar-refractivity contribution in [3.8, 4) is 0 Å². The van der Waals surface area contributed by atoms with E-state index in [-0.39, 0.29) is 0 Å². The molecule has 2 N–H and O–H groups in total. The molecule has 0 aliphatic carbocycles. The highest BCUT2D eigenvalue weighted by molar-refractivity contribution is 6.07. The second-order valence-corrected chi connectivity index (χ2v) is 4.16. The van der Waals surface area contributed by atoms with Crippen molar-refractivity contribution < 1.29 is 4.74 Å². The van der Waals surface area contributed by atoms with Crippen molar-refractivity contribution >= 4 is 27.6 Å². The maximum Gasteiger partial charge on any atom is 0.152 e. The van der Waals surface area contributed by atoms with Crippen LogP contribution in [-0.4, -0.2) is 28.5 Å². The normalized spacial score (nSPS) is 11.4. The van der Waals surface area contributed by atoms with Crippen LogP contribution in [0.1, 0.15) is 0 Å². The third kappa shape index (κ3) is 1.69. The number of hydrogen-bond acceptors (Lipinski definition) is 4. The predicted octanol–water partition coefficient (Wildman–Crippen LogP) is 1.81. The van der Waals surface area contributed by atoms with Crippen molar-refractivity contribution in [3.63, 3.8) is 0 Å². The Balaban J connectivity index is 2.24. The highest BCUT2D eigenvalue weighted by atomic mass is 16.5. The fourth-order valence-corrected chi connectivity index (χ4v) is 2.09. The molecule has 0 fully saturated rings. The first kappa shape index (κ1) is 11.0. The van der Waals surface area contributed by atoms with Crippen LogP contribution in [0.2, 0.25) is 0 Å². The number of para-hydroxylation sites is 1. The van der Waals surface area contributed by atoms with E-state index in [0.717, 1.165) is 21.8 Å². The number of fused-ring (bicyclic) bond motifs is 3. The van der Waals surface area contributed by atoms with Crippen LogP contribution in [0.3, 0.4) is 0 Å². The summed E-state index contributed by atoms with van der Waals surface area (Å²) in [6, 6.07) is 7.94. The van der Waals surface area contributed by atoms with E-state index in [4.69, 9.17) is 10.5 Å². The molecule has 3 rings (SSSR count). The highest BCUT2D eigenvalue weighted by Crippen LogP contribution is 2.26. The van der Waals surface area contributed by atoms with Crippen molar-refractivity contribution in [2.75, 3.05) is 19.5 Å². The molecule has 0 aliphatic heterocycles. The van der Waals surface area contributed by atoms with Crippen LogP contribution < -0.4 is 5.73 Å². The summed E-state index contributed by atoms with van der Waals surface area (Å²) in [4.78, 5) is 4.37. The Morgan fingerprint density at radius 1 is 1.28 bits per heavy atom. The third-order valence-corrected chi connectivity index (χ3v) is 2.96. The van der Waals surface area contributed by atoms with Gasteiger partial charge in [0, 0.05) is 24.1 Å². The lowest BCUT2D eigenvalue weighted by Crippen LogP contribution is -2.04. The quantitative estimate of drug-likeness (QED) is 0.760. The van der Waals surface area contributed by atoms with Crippen LogP contribution >= 0.6 is 0 Å². The average Bonchev–Trinajstić information content (AvgIpc) is 2.81. The molecule has 5 nitrogen and oxygen atoms in total. The first-order valence-electron chi connectivity index (χ1n) is 5.80. The standard InChI is InChI=1S/C13H14N4O/c1-18-7-6-17-8-10-9-4-2-3-5-11(9)15-13(14)12(10)16-17/h2-5,8H,6-7H2,1H3,(H2,14,15). The minimum Gasteiger partial charge on any atom is -0.383 e. The Bertz CT molecular complexity index is 705. The molecule has 0 unspecified atom stereocenters. The topological polar surface area (TPSA) is 66.0 Å². The van der Waals surface area contributed by atoms with E-state index in [0.29, 0.717) is 19.0 Å². The number of methoxy groups -OCH3 is 1. The van der Waals surface area contributed by atoms with Crippen LogP contribution in [0.4, 0.5) is 5.82 Å². The maximum absolute atomic E-state index is 5.95. The Morgan fingerprint density at radius 3 is 2.94 bits per heavy atom. The van der Waals surface area contributed by atoms with Crippen LogP contribution in [0.25, 0.3) is 21.8 Å². The number of aromatic nitrogens is 3. The van der Waals surface area contributed by atoms with Gasteiger partial charge in [-0.2, -0.15) is 5.10 Å². The van der Waals surface area contributed by atoms with Crippen LogP contribution in [0.5, 0.6) is 0 Å². The van der Waals surface area contributed by atoms with Crippen LogP contribution in [0, 0.1) is 0 Å². The molecule has 0 atom stereocenters. The first-order chi connectivity index (χ1) is 8.79. The Labute approximate surface area is 104 Å². The van der Waals surface area contributed by atoms with Gasteiger partial charge in [-0.1, -0.05) is 18.2 Å². The summed E-state index contributed by atoms with van der Waals surface area (Å²) in [6.45, 7) is 1.33. The lowest BCUT2D eigenvalue weighted by molar-refractivity contribution is 0.184. The number of nitrogens with two attached hydrogens (primary N) is 1. The molecule has 92 valence electrons. The molecule has 3 aromatic rings. The molecular weight excluding hydrogens is 228 g/mol. The van der Waals surface area contributed by atoms with Gasteiger partial charge in [-0.3, -0.25) is 4.68 Å². The number of nitrogen functional groups attached to an aromatic ring is 1. The molecule has 0 amide bonds. The molecule has 18 heavy (non-hydrogen) atoms. The molecular formula is C13H14N4O. The zero-order valence-electron chi connectivity index (χ0n) is 10.1. The van der Waals surface area contributed by atoms with Gasteiger partial charge in [0.1, 0.15) is 5.52 Å². The Morgan fingerprint density at radius 2 is 2.11 bits per heavy atom. The van der Waals surface area contributed by atoms with Crippen molar-refractivity contribution in [2.45, 2.75) is 6.54 Å². The van der Waals surface area contributed by atoms with Gasteiger partial charge in [-0.05, 0) is 6.07 Å². The van der Waals surface area contributed by atoms with Gasteiger partial charge in [0.15, 0.2) is 5.82 Å². The van der Waals surface area contributed by atoms with Crippen molar-refractivity contribution in [3.05, 3.63) is 30.5 Å². The van der Waals surface area contributed by atoms with Crippen LogP contribution in [0.15, 0.2) is 30.5 Å². The van der Waals surface area contributed by atoms with E-state index in [1.807, 2.05) is 35.1 Å². The van der Waals surface area contributed by atoms with E-state index < -0.39 is 0 Å². The first-order valence-corrected chi connectivity index (χ1v) is 5.80. The number of hydrogen-bond donors (Lipinski definition) is 1. The fraction of sp³-hybridized carbons (Fsp3) is 0.231. The minimum atomic E-state index is 0.472. The molecule has 0 spiro atoms. The summed E-state index contributed by atoms with van der Waals surface area (Å²) < 4.78 is 6.90. The van der Waals surface area contributed by atoms with E-state index in [2.05, 4.69) is 10.1 Å². The van der Waals surface area contributed by atoms with Crippen molar-refractivity contribution in [2.24, 2.45) is 0 Å². The van der Waals surface area contributed by atoms with Gasteiger partial charge in [-0.15, -0.1) is 0 Å². The molecule has 5 heteroatoms. The number of rotatable bonds is 3. The summed E-state index contributed by atoms with van der Waals surface area (Å²) in [6.07, 6.45) is 1.99. The molecule has 0 radical (unpaired) electrons. The van der Waals surface area contributed by atoms with E-state index in [1.165, 1.54) is 0 Å². The predicted molar refractivity (Wildman–Crippen MR) is 71.3 cm³/mol. The number of benzene rings is 1. The lowest BCUT2D eigenvalue weighted by atomic mass is 10.1. The summed E-state index contributed by atoms with van der Waals surface area (Å²) in [5.74, 6) is 0.472. The third-order valence-electron chi connectivity index (χ3n) is 2.96. The van der Waals surface area contributed by atoms with E-state index in [9.17, 15) is 0 Å². The molecule has 0 aliphatic rings. The number of ether oxygens (including phenoxy) is 1. The molecule has 0 saturated carbocycles. The molecule has 0 saturated heterocycles. The Hall–Kier alpha value is -2.14. The number of pyridine rings is 1. The summed E-state index contributed by atoms with van der Waals surface area (Å²) in [5.41, 5.74) is 7.60. The second kappa shape index (κ2) is 4.27. The van der Waals surface area contributed by atoms with Gasteiger partial charge in [0.2, 0.25) is 0 Å². The van der Waals surface area contributed by atoms with Gasteiger partial charge in [-0.25, -0.2) is 4.98 Å². The van der Waals surface area contributed by atoms with E-state index >= 15 is 0 Å². The summed E-state index contributed by atoms with van der Waals surface area (Å²) >= 11 is 0. The SMILES string of the molecule is COCCn1cc2c(n1)c(N)nc1ccccc12. The maximum atomic E-state index is 5.95. The second-order valence-electron chi connectivity index (χ2n) is 4.16. The number of anilines is 1. The van der Waals surface area contributed by atoms with Gasteiger partial charge in [0.05, 0.1) is 18.7 Å². The monoisotopic (exact) mass is 242 g/mol. The summed E-state index contributed by atoms with van der Waals surface area (Å²) in [5, 5.41) is 6.56. The molecule has 0 bridgehead atoms. The average molecular weight is 242 g/mol. The minimum absolute atomic E-state index is 0.472. The summed E-state index contributed by atoms with van der Waals surface area (Å²) in [7, 11) is 1.68. The largest absolute Gasteiger partial charge is 0.383 e. The van der Waals surface area contributed by atoms with Gasteiger partial charge >= 0.3 is 0 Å². The van der Waals surface area contributed by atoms with Crippen LogP contribution in [-0.2, 0) is 11.3 Å². The molecule has 1 aromatic carbocycles. The fourth-order valence-electron chi connectivity index (χ4n) is 2.09. The van der Waals surface area contributed by atoms with Gasteiger partial charge < -0.3 is 10.5 Å². The zero-order valence-corrected chi connectivity index (χ0v) is 10.1. The highest BCUT2D eigenvalue weighted by Gasteiger charge is 2.09. The molecule has 2 aromatic heterocycles. The van der Waals surface area contributed by atoms with Crippen molar-refractivity contribution in [1.82, 2.24) is 14.8 Å². The smallest absolute Gasteiger partial charge is 0.152 e. The zero-order chi connectivity index (χ0) is 12.5. The Kier molecular flexibility index (Phi) is 2.60. The lowest BCUT2D eigenvalue weighted by Gasteiger charge is -1.99. The number of nitrogens with zero attached hydrogens (tertiary/aromatic N) is 3. The molecule has 2 heterocycles. The van der Waals surface area contributed by atoms with E-state index in [1.54, 1.807) is 7.11 Å². The van der Waals surface area contributed by atoms with Gasteiger partial charge in [0.25, 0.3) is 0 Å². The van der Waals surface area contributed by atoms with Crippen molar-refractivity contribution in [1.29, 1.82) is 0 Å².